The molecule has 0 aromatic heterocycles. The van der Waals surface area contributed by atoms with Crippen molar-refractivity contribution < 1.29 is 18.0 Å². The molecule has 1 saturated heterocycles. The van der Waals surface area contributed by atoms with Crippen molar-refractivity contribution in [3.05, 3.63) is 0 Å². The Kier molecular flexibility index (Phi) is 4.88. The molecule has 1 unspecified atom stereocenters. The van der Waals surface area contributed by atoms with Gasteiger partial charge >= 0.3 is 0 Å². The molecule has 1 heterocycles. The third-order valence-electron chi connectivity index (χ3n) is 1.97. The van der Waals surface area contributed by atoms with Crippen LogP contribution in [0.25, 0.3) is 0 Å². The van der Waals surface area contributed by atoms with Crippen LogP contribution in [0.3, 0.4) is 0 Å². The minimum atomic E-state index is -2.84. The number of hydrogen-bond acceptors (Lipinski definition) is 5. The molecule has 1 rings (SSSR count). The molecular formula is C8H15NO4S2. The second kappa shape index (κ2) is 5.72. The molecule has 1 aliphatic heterocycles. The molecule has 0 aliphatic carbocycles. The van der Waals surface area contributed by atoms with E-state index in [4.69, 9.17) is 4.84 Å². The molecule has 0 spiro atoms. The van der Waals surface area contributed by atoms with Crippen molar-refractivity contribution in [1.82, 2.24) is 5.48 Å². The molecule has 0 aromatic rings. The van der Waals surface area contributed by atoms with E-state index in [1.807, 2.05) is 0 Å². The number of nitrogens with one attached hydrogen (secondary N) is 1. The number of sulfone groups is 1. The van der Waals surface area contributed by atoms with Gasteiger partial charge in [-0.15, -0.1) is 11.8 Å². The zero-order chi connectivity index (χ0) is 11.3. The molecular weight excluding hydrogens is 238 g/mol. The normalized spacial score (nSPS) is 23.9. The summed E-state index contributed by atoms with van der Waals surface area (Å²) < 4.78 is 22.2. The fourth-order valence-electron chi connectivity index (χ4n) is 1.27. The molecule has 1 atom stereocenters. The lowest BCUT2D eigenvalue weighted by Crippen LogP contribution is -2.26. The molecule has 0 bridgehead atoms. The maximum absolute atomic E-state index is 11.1. The van der Waals surface area contributed by atoms with E-state index >= 15 is 0 Å². The zero-order valence-electron chi connectivity index (χ0n) is 8.56. The number of hydroxylamine groups is 1. The van der Waals surface area contributed by atoms with E-state index in [1.165, 1.54) is 11.8 Å². The van der Waals surface area contributed by atoms with Gasteiger partial charge in [0, 0.05) is 5.25 Å². The van der Waals surface area contributed by atoms with Crippen molar-refractivity contribution in [2.45, 2.75) is 18.6 Å². The van der Waals surface area contributed by atoms with E-state index < -0.39 is 9.84 Å². The summed E-state index contributed by atoms with van der Waals surface area (Å²) >= 11 is 1.37. The monoisotopic (exact) mass is 253 g/mol. The Bertz CT molecular complexity index is 315. The molecule has 1 N–H and O–H groups in total. The Morgan fingerprint density at radius 1 is 1.60 bits per heavy atom. The second-order valence-electron chi connectivity index (χ2n) is 3.29. The van der Waals surface area contributed by atoms with Gasteiger partial charge in [0.1, 0.15) is 0 Å². The minimum absolute atomic E-state index is 0.0578. The molecule has 15 heavy (non-hydrogen) atoms. The van der Waals surface area contributed by atoms with Gasteiger partial charge in [-0.05, 0) is 13.3 Å². The summed E-state index contributed by atoms with van der Waals surface area (Å²) in [4.78, 5) is 15.8. The first kappa shape index (κ1) is 12.8. The lowest BCUT2D eigenvalue weighted by molar-refractivity contribution is -0.130. The third kappa shape index (κ3) is 4.85. The van der Waals surface area contributed by atoms with Gasteiger partial charge in [0.25, 0.3) is 5.91 Å². The van der Waals surface area contributed by atoms with Crippen LogP contribution in [0.5, 0.6) is 0 Å². The van der Waals surface area contributed by atoms with Crippen LogP contribution in [0, 0.1) is 0 Å². The van der Waals surface area contributed by atoms with Crippen molar-refractivity contribution in [2.24, 2.45) is 0 Å². The van der Waals surface area contributed by atoms with Crippen molar-refractivity contribution in [2.75, 3.05) is 23.9 Å². The molecule has 1 fully saturated rings. The van der Waals surface area contributed by atoms with Gasteiger partial charge < -0.3 is 0 Å². The summed E-state index contributed by atoms with van der Waals surface area (Å²) in [5.74, 6) is 0.475. The lowest BCUT2D eigenvalue weighted by atomic mass is 10.4. The van der Waals surface area contributed by atoms with Gasteiger partial charge in [-0.25, -0.2) is 13.9 Å². The third-order valence-corrected chi connectivity index (χ3v) is 5.25. The standard InChI is InChI=1S/C8H15NO4S2/c1-2-13-9-8(10)5-14-7-3-4-15(11,12)6-7/h7H,2-6H2,1H3,(H,9,10). The Morgan fingerprint density at radius 3 is 2.87 bits per heavy atom. The van der Waals surface area contributed by atoms with Crippen molar-refractivity contribution in [1.29, 1.82) is 0 Å². The highest BCUT2D eigenvalue weighted by atomic mass is 32.2. The number of carbonyl (C=O) groups excluding carboxylic acids is 1. The maximum Gasteiger partial charge on any atom is 0.253 e. The van der Waals surface area contributed by atoms with Crippen LogP contribution in [-0.4, -0.2) is 43.4 Å². The van der Waals surface area contributed by atoms with Gasteiger partial charge in [-0.2, -0.15) is 0 Å². The largest absolute Gasteiger partial charge is 0.274 e. The summed E-state index contributed by atoms with van der Waals surface area (Å²) in [5, 5.41) is 0.0578. The Balaban J connectivity index is 2.18. The van der Waals surface area contributed by atoms with Crippen molar-refractivity contribution >= 4 is 27.5 Å². The zero-order valence-corrected chi connectivity index (χ0v) is 10.2. The predicted octanol–water partition coefficient (Wildman–Crippen LogP) is -0.0256. The summed E-state index contributed by atoms with van der Waals surface area (Å²) in [7, 11) is -2.84. The van der Waals surface area contributed by atoms with E-state index in [2.05, 4.69) is 5.48 Å². The van der Waals surface area contributed by atoms with Crippen LogP contribution in [0.15, 0.2) is 0 Å². The number of amides is 1. The van der Waals surface area contributed by atoms with Gasteiger partial charge in [-0.1, -0.05) is 0 Å². The summed E-state index contributed by atoms with van der Waals surface area (Å²) in [6, 6.07) is 0. The van der Waals surface area contributed by atoms with E-state index in [-0.39, 0.29) is 28.4 Å². The van der Waals surface area contributed by atoms with Crippen LogP contribution in [0.4, 0.5) is 0 Å². The number of carbonyl (C=O) groups is 1. The van der Waals surface area contributed by atoms with E-state index in [9.17, 15) is 13.2 Å². The van der Waals surface area contributed by atoms with E-state index in [0.29, 0.717) is 13.0 Å². The summed E-state index contributed by atoms with van der Waals surface area (Å²) in [6.45, 7) is 2.20. The molecule has 1 aliphatic rings. The number of rotatable bonds is 5. The molecule has 0 radical (unpaired) electrons. The molecule has 1 amide bonds. The Hall–Kier alpha value is -0.270. The van der Waals surface area contributed by atoms with Gasteiger partial charge in [0.15, 0.2) is 9.84 Å². The SMILES string of the molecule is CCONC(=O)CSC1CCS(=O)(=O)C1. The van der Waals surface area contributed by atoms with Gasteiger partial charge in [0.05, 0.1) is 23.9 Å². The average molecular weight is 253 g/mol. The van der Waals surface area contributed by atoms with Crippen molar-refractivity contribution in [3.63, 3.8) is 0 Å². The Labute approximate surface area is 93.8 Å². The number of hydrogen-bond donors (Lipinski definition) is 1. The molecule has 7 heteroatoms. The Morgan fingerprint density at radius 2 is 2.33 bits per heavy atom. The minimum Gasteiger partial charge on any atom is -0.274 e. The molecule has 5 nitrogen and oxygen atoms in total. The molecule has 0 aromatic carbocycles. The van der Waals surface area contributed by atoms with E-state index in [1.54, 1.807) is 6.92 Å². The lowest BCUT2D eigenvalue weighted by Gasteiger charge is -2.07. The van der Waals surface area contributed by atoms with Gasteiger partial charge in [0.2, 0.25) is 0 Å². The van der Waals surface area contributed by atoms with Crippen LogP contribution in [0.1, 0.15) is 13.3 Å². The maximum atomic E-state index is 11.1. The first-order valence-electron chi connectivity index (χ1n) is 4.76. The molecule has 88 valence electrons. The van der Waals surface area contributed by atoms with Crippen LogP contribution in [-0.2, 0) is 19.5 Å². The number of thioether (sulfide) groups is 1. The second-order valence-corrected chi connectivity index (χ2v) is 6.81. The van der Waals surface area contributed by atoms with Crippen molar-refractivity contribution in [3.8, 4) is 0 Å². The fourth-order valence-corrected chi connectivity index (χ4v) is 4.70. The highest BCUT2D eigenvalue weighted by molar-refractivity contribution is 8.02. The highest BCUT2D eigenvalue weighted by Crippen LogP contribution is 2.23. The first-order valence-corrected chi connectivity index (χ1v) is 7.63. The van der Waals surface area contributed by atoms with Gasteiger partial charge in [-0.3, -0.25) is 9.63 Å². The van der Waals surface area contributed by atoms with Crippen LogP contribution in [0.2, 0.25) is 0 Å². The summed E-state index contributed by atoms with van der Waals surface area (Å²) in [6.07, 6.45) is 0.648. The van der Waals surface area contributed by atoms with Crippen LogP contribution >= 0.6 is 11.8 Å². The van der Waals surface area contributed by atoms with E-state index in [0.717, 1.165) is 0 Å². The fraction of sp³-hybridized carbons (Fsp3) is 0.875. The summed E-state index contributed by atoms with van der Waals surface area (Å²) in [5.41, 5.74) is 2.27. The topological polar surface area (TPSA) is 72.5 Å². The highest BCUT2D eigenvalue weighted by Gasteiger charge is 2.28. The quantitative estimate of drug-likeness (QED) is 0.697. The first-order chi connectivity index (χ1) is 7.03. The predicted molar refractivity (Wildman–Crippen MR) is 59.3 cm³/mol. The molecule has 0 saturated carbocycles. The van der Waals surface area contributed by atoms with Crippen LogP contribution < -0.4 is 5.48 Å². The smallest absolute Gasteiger partial charge is 0.253 e. The average Bonchev–Trinajstić information content (AvgIpc) is 2.52.